The van der Waals surface area contributed by atoms with E-state index < -0.39 is 0 Å². The number of hydrogen-bond donors (Lipinski definition) is 0. The van der Waals surface area contributed by atoms with Crippen molar-refractivity contribution in [3.05, 3.63) is 0 Å². The van der Waals surface area contributed by atoms with Crippen LogP contribution in [0.1, 0.15) is 33.1 Å². The van der Waals surface area contributed by atoms with Crippen LogP contribution in [0.5, 0.6) is 0 Å². The van der Waals surface area contributed by atoms with E-state index in [1.807, 2.05) is 0 Å². The van der Waals surface area contributed by atoms with Gasteiger partial charge in [-0.2, -0.15) is 0 Å². The Kier molecular flexibility index (Phi) is 22.3. The molecule has 0 heterocycles. The van der Waals surface area contributed by atoms with Gasteiger partial charge < -0.3 is 0 Å². The predicted molar refractivity (Wildman–Crippen MR) is 36.9 cm³/mol. The first-order chi connectivity index (χ1) is 3.83. The number of rotatable bonds is 2. The fourth-order valence-electron chi connectivity index (χ4n) is 0.354. The summed E-state index contributed by atoms with van der Waals surface area (Å²) in [5.74, 6) is 0. The standard InChI is InChI=1S/C5H12.2CH3.Zn/c1-3-5-4-2;;;/h3-5H2,1-2H3;2*1H3;. The molecule has 0 aliphatic rings. The minimum absolute atomic E-state index is 0.125. The van der Waals surface area contributed by atoms with Crippen molar-refractivity contribution in [3.63, 3.8) is 0 Å². The normalized spacial score (nSPS) is 6.50. The van der Waals surface area contributed by atoms with Gasteiger partial charge in [0.2, 0.25) is 0 Å². The molecule has 0 rings (SSSR count). The molecule has 0 aromatic rings. The molecule has 0 fully saturated rings. The monoisotopic (exact) mass is 166 g/mol. The Bertz CT molecular complexity index is 18.3. The Hall–Kier alpha value is 0.623. The quantitative estimate of drug-likeness (QED) is 0.554. The van der Waals surface area contributed by atoms with Gasteiger partial charge >= 0.3 is 28.2 Å². The molecule has 0 atom stereocenters. The zero-order chi connectivity index (χ0) is 6.83. The van der Waals surface area contributed by atoms with Gasteiger partial charge in [-0.15, -0.1) is 0 Å². The molecule has 0 aromatic heterocycles. The summed E-state index contributed by atoms with van der Waals surface area (Å²) < 4.78 is 0. The average Bonchev–Trinajstić information content (AvgIpc) is 1.71. The average molecular weight is 168 g/mol. The summed E-state index contributed by atoms with van der Waals surface area (Å²) in [6, 6.07) is 0. The molecule has 0 aliphatic carbocycles. The first-order valence-corrected chi connectivity index (χ1v) is 9.76. The van der Waals surface area contributed by atoms with E-state index in [1.165, 1.54) is 19.3 Å². The first kappa shape index (κ1) is 11.4. The predicted octanol–water partition coefficient (Wildman–Crippen LogP) is 3.36. The SMILES string of the molecule is CCCCC.[CH3][Zn][CH3]. The van der Waals surface area contributed by atoms with Crippen molar-refractivity contribution >= 4 is 0 Å². The molecule has 0 saturated heterocycles. The summed E-state index contributed by atoms with van der Waals surface area (Å²) in [6.07, 6.45) is 4.08. The Labute approximate surface area is 61.7 Å². The van der Waals surface area contributed by atoms with E-state index in [9.17, 15) is 0 Å². The van der Waals surface area contributed by atoms with Crippen LogP contribution in [0.2, 0.25) is 11.0 Å². The van der Waals surface area contributed by atoms with Crippen LogP contribution in [0.15, 0.2) is 0 Å². The molecule has 48 valence electrons. The van der Waals surface area contributed by atoms with Crippen LogP contribution in [0, 0.1) is 0 Å². The Morgan fingerprint density at radius 2 is 1.25 bits per heavy atom. The van der Waals surface area contributed by atoms with Gasteiger partial charge in [0.1, 0.15) is 0 Å². The van der Waals surface area contributed by atoms with E-state index in [-0.39, 0.29) is 17.1 Å². The topological polar surface area (TPSA) is 0 Å². The fraction of sp³-hybridized carbons (Fsp3) is 1.00. The van der Waals surface area contributed by atoms with Gasteiger partial charge in [-0.25, -0.2) is 0 Å². The zero-order valence-corrected chi connectivity index (χ0v) is 9.80. The summed E-state index contributed by atoms with van der Waals surface area (Å²) in [7, 11) is 0. The molecule has 0 N–H and O–H groups in total. The van der Waals surface area contributed by atoms with Crippen LogP contribution in [0.4, 0.5) is 0 Å². The third-order valence-electron chi connectivity index (χ3n) is 0.707. The van der Waals surface area contributed by atoms with Crippen molar-refractivity contribution in [2.24, 2.45) is 0 Å². The van der Waals surface area contributed by atoms with Gasteiger partial charge in [0.15, 0.2) is 0 Å². The Morgan fingerprint density at radius 1 is 1.00 bits per heavy atom. The molecule has 0 saturated carbocycles. The second-order valence-corrected chi connectivity index (χ2v) is 5.03. The summed E-state index contributed by atoms with van der Waals surface area (Å²) >= 11 is 0.125. The maximum atomic E-state index is 2.31. The van der Waals surface area contributed by atoms with Crippen LogP contribution in [-0.2, 0) is 17.1 Å². The van der Waals surface area contributed by atoms with Crippen molar-refractivity contribution in [1.82, 2.24) is 0 Å². The third-order valence-corrected chi connectivity index (χ3v) is 0.707. The number of hydrogen-bond acceptors (Lipinski definition) is 0. The molecule has 0 radical (unpaired) electrons. The first-order valence-electron chi connectivity index (χ1n) is 3.83. The van der Waals surface area contributed by atoms with Crippen molar-refractivity contribution in [2.45, 2.75) is 44.1 Å². The van der Waals surface area contributed by atoms with Crippen molar-refractivity contribution in [3.8, 4) is 0 Å². The molecule has 0 nitrogen and oxygen atoms in total. The van der Waals surface area contributed by atoms with Crippen LogP contribution in [0.3, 0.4) is 0 Å². The van der Waals surface area contributed by atoms with E-state index in [0.717, 1.165) is 0 Å². The second kappa shape index (κ2) is 15.6. The van der Waals surface area contributed by atoms with Gasteiger partial charge in [0.05, 0.1) is 0 Å². The van der Waals surface area contributed by atoms with E-state index >= 15 is 0 Å². The molecular weight excluding hydrogens is 149 g/mol. The van der Waals surface area contributed by atoms with E-state index in [1.54, 1.807) is 0 Å². The van der Waals surface area contributed by atoms with Gasteiger partial charge in [-0.05, 0) is 0 Å². The molecule has 0 spiro atoms. The molecule has 0 aromatic carbocycles. The summed E-state index contributed by atoms with van der Waals surface area (Å²) in [5, 5.41) is 0. The van der Waals surface area contributed by atoms with Gasteiger partial charge in [-0.1, -0.05) is 33.1 Å². The molecule has 0 unspecified atom stereocenters. The minimum atomic E-state index is 0.125. The Balaban J connectivity index is 0. The van der Waals surface area contributed by atoms with E-state index in [0.29, 0.717) is 0 Å². The van der Waals surface area contributed by atoms with Crippen LogP contribution < -0.4 is 0 Å². The van der Waals surface area contributed by atoms with Crippen molar-refractivity contribution in [2.75, 3.05) is 0 Å². The molecule has 0 amide bonds. The van der Waals surface area contributed by atoms with Gasteiger partial charge in [-0.3, -0.25) is 0 Å². The zero-order valence-electron chi connectivity index (χ0n) is 6.83. The molecule has 8 heavy (non-hydrogen) atoms. The van der Waals surface area contributed by atoms with Crippen LogP contribution in [0.25, 0.3) is 0 Å². The Morgan fingerprint density at radius 3 is 1.25 bits per heavy atom. The third kappa shape index (κ3) is 30.4. The van der Waals surface area contributed by atoms with Crippen molar-refractivity contribution in [1.29, 1.82) is 0 Å². The molecule has 0 bridgehead atoms. The second-order valence-electron chi connectivity index (χ2n) is 2.06. The van der Waals surface area contributed by atoms with Crippen molar-refractivity contribution < 1.29 is 17.1 Å². The van der Waals surface area contributed by atoms with Crippen LogP contribution >= 0.6 is 0 Å². The summed E-state index contributed by atoms with van der Waals surface area (Å²) in [4.78, 5) is 0. The fourth-order valence-corrected chi connectivity index (χ4v) is 0.354. The van der Waals surface area contributed by atoms with Crippen LogP contribution in [-0.4, -0.2) is 0 Å². The summed E-state index contributed by atoms with van der Waals surface area (Å²) in [6.45, 7) is 4.42. The molecular formula is C7H18Zn. The van der Waals surface area contributed by atoms with Gasteiger partial charge in [0.25, 0.3) is 0 Å². The van der Waals surface area contributed by atoms with Gasteiger partial charge in [0, 0.05) is 0 Å². The number of unbranched alkanes of at least 4 members (excludes halogenated alkanes) is 2. The summed E-state index contributed by atoms with van der Waals surface area (Å²) in [5.41, 5.74) is 4.62. The van der Waals surface area contributed by atoms with E-state index in [2.05, 4.69) is 24.9 Å². The molecule has 0 aliphatic heterocycles. The maximum absolute atomic E-state index is 2.31. The molecule has 1 heteroatoms. The van der Waals surface area contributed by atoms with E-state index in [4.69, 9.17) is 0 Å².